The van der Waals surface area contributed by atoms with E-state index in [0.29, 0.717) is 18.5 Å². The normalized spacial score (nSPS) is 18.0. The van der Waals surface area contributed by atoms with E-state index in [9.17, 15) is 4.79 Å². The first-order valence-electron chi connectivity index (χ1n) is 8.17. The number of hydrogen-bond donors (Lipinski definition) is 1. The third kappa shape index (κ3) is 4.30. The molecule has 5 heteroatoms. The molecular formula is C16H28N4O. The van der Waals surface area contributed by atoms with Gasteiger partial charge in [0.05, 0.1) is 0 Å². The Kier molecular flexibility index (Phi) is 5.79. The quantitative estimate of drug-likeness (QED) is 0.870. The second kappa shape index (κ2) is 7.59. The van der Waals surface area contributed by atoms with E-state index < -0.39 is 0 Å². The van der Waals surface area contributed by atoms with Gasteiger partial charge in [-0.05, 0) is 19.8 Å². The maximum Gasteiger partial charge on any atom is 0.222 e. The highest BCUT2D eigenvalue weighted by Gasteiger charge is 2.22. The van der Waals surface area contributed by atoms with Crippen molar-refractivity contribution in [1.29, 1.82) is 0 Å². The van der Waals surface area contributed by atoms with Gasteiger partial charge in [-0.15, -0.1) is 0 Å². The molecular weight excluding hydrogens is 264 g/mol. The molecule has 0 spiro atoms. The van der Waals surface area contributed by atoms with Crippen molar-refractivity contribution in [3.8, 4) is 0 Å². The standard InChI is InChI=1S/C16H28N4O/c1-4-15-17-8-11-20(15)12-13(3)18-14-6-9-19(10-7-14)16(21)5-2/h8,11,13-14,18H,4-7,9-10,12H2,1-3H3/t13-/m1/s1. The molecule has 5 nitrogen and oxygen atoms in total. The summed E-state index contributed by atoms with van der Waals surface area (Å²) < 4.78 is 2.23. The van der Waals surface area contributed by atoms with Crippen molar-refractivity contribution in [2.75, 3.05) is 13.1 Å². The smallest absolute Gasteiger partial charge is 0.222 e. The fraction of sp³-hybridized carbons (Fsp3) is 0.750. The molecule has 1 aromatic rings. The van der Waals surface area contributed by atoms with Gasteiger partial charge in [0.15, 0.2) is 0 Å². The van der Waals surface area contributed by atoms with Crippen LogP contribution in [0.2, 0.25) is 0 Å². The lowest BCUT2D eigenvalue weighted by Crippen LogP contribution is -2.47. The van der Waals surface area contributed by atoms with Crippen LogP contribution in [0.15, 0.2) is 12.4 Å². The first-order chi connectivity index (χ1) is 10.1. The predicted octanol–water partition coefficient (Wildman–Crippen LogP) is 1.82. The number of nitrogens with zero attached hydrogens (tertiary/aromatic N) is 3. The molecule has 1 aliphatic heterocycles. The van der Waals surface area contributed by atoms with Crippen LogP contribution in [0.3, 0.4) is 0 Å². The third-order valence-electron chi connectivity index (χ3n) is 4.26. The average molecular weight is 292 g/mol. The fourth-order valence-electron chi connectivity index (χ4n) is 3.09. The molecule has 1 aromatic heterocycles. The molecule has 1 aliphatic rings. The van der Waals surface area contributed by atoms with Crippen LogP contribution in [0, 0.1) is 0 Å². The Labute approximate surface area is 127 Å². The second-order valence-corrected chi connectivity index (χ2v) is 5.93. The van der Waals surface area contributed by atoms with Gasteiger partial charge in [-0.2, -0.15) is 0 Å². The van der Waals surface area contributed by atoms with E-state index in [4.69, 9.17) is 0 Å². The number of amides is 1. The Hall–Kier alpha value is -1.36. The van der Waals surface area contributed by atoms with Crippen LogP contribution in [0.1, 0.15) is 45.9 Å². The van der Waals surface area contributed by atoms with Crippen molar-refractivity contribution in [3.63, 3.8) is 0 Å². The lowest BCUT2D eigenvalue weighted by molar-refractivity contribution is -0.131. The van der Waals surface area contributed by atoms with Gasteiger partial charge in [0.2, 0.25) is 5.91 Å². The molecule has 118 valence electrons. The van der Waals surface area contributed by atoms with Crippen LogP contribution < -0.4 is 5.32 Å². The van der Waals surface area contributed by atoms with E-state index in [1.54, 1.807) is 0 Å². The Morgan fingerprint density at radius 3 is 2.76 bits per heavy atom. The molecule has 1 atom stereocenters. The summed E-state index contributed by atoms with van der Waals surface area (Å²) in [7, 11) is 0. The topological polar surface area (TPSA) is 50.2 Å². The molecule has 1 fully saturated rings. The highest BCUT2D eigenvalue weighted by atomic mass is 16.2. The van der Waals surface area contributed by atoms with Gasteiger partial charge in [0.25, 0.3) is 0 Å². The third-order valence-corrected chi connectivity index (χ3v) is 4.26. The average Bonchev–Trinajstić information content (AvgIpc) is 2.94. The molecule has 1 N–H and O–H groups in total. The predicted molar refractivity (Wildman–Crippen MR) is 84.1 cm³/mol. The summed E-state index contributed by atoms with van der Waals surface area (Å²) in [5, 5.41) is 3.70. The summed E-state index contributed by atoms with van der Waals surface area (Å²) in [6.45, 7) is 9.04. The zero-order valence-electron chi connectivity index (χ0n) is 13.5. The number of imidazole rings is 1. The van der Waals surface area contributed by atoms with Gasteiger partial charge >= 0.3 is 0 Å². The zero-order chi connectivity index (χ0) is 15.2. The largest absolute Gasteiger partial charge is 0.343 e. The Morgan fingerprint density at radius 1 is 1.43 bits per heavy atom. The van der Waals surface area contributed by atoms with Gasteiger partial charge in [-0.1, -0.05) is 13.8 Å². The van der Waals surface area contributed by atoms with E-state index in [1.165, 1.54) is 0 Å². The van der Waals surface area contributed by atoms with E-state index >= 15 is 0 Å². The molecule has 0 saturated carbocycles. The molecule has 0 aliphatic carbocycles. The molecule has 1 saturated heterocycles. The van der Waals surface area contributed by atoms with Crippen LogP contribution in [-0.2, 0) is 17.8 Å². The molecule has 21 heavy (non-hydrogen) atoms. The first-order valence-corrected chi connectivity index (χ1v) is 8.17. The van der Waals surface area contributed by atoms with Crippen molar-refractivity contribution >= 4 is 5.91 Å². The SMILES string of the molecule is CCC(=O)N1CCC(N[C@H](C)Cn2ccnc2CC)CC1. The van der Waals surface area contributed by atoms with Crippen molar-refractivity contribution in [2.24, 2.45) is 0 Å². The minimum Gasteiger partial charge on any atom is -0.343 e. The summed E-state index contributed by atoms with van der Waals surface area (Å²) in [6, 6.07) is 0.942. The molecule has 0 bridgehead atoms. The minimum absolute atomic E-state index is 0.285. The number of carbonyl (C=O) groups excluding carboxylic acids is 1. The number of aryl methyl sites for hydroxylation is 1. The zero-order valence-corrected chi connectivity index (χ0v) is 13.5. The van der Waals surface area contributed by atoms with Crippen molar-refractivity contribution in [1.82, 2.24) is 19.8 Å². The van der Waals surface area contributed by atoms with Crippen LogP contribution >= 0.6 is 0 Å². The van der Waals surface area contributed by atoms with Crippen molar-refractivity contribution in [2.45, 2.75) is 65.1 Å². The molecule has 0 unspecified atom stereocenters. The molecule has 2 rings (SSSR count). The van der Waals surface area contributed by atoms with Gasteiger partial charge in [0.1, 0.15) is 5.82 Å². The number of hydrogen-bond acceptors (Lipinski definition) is 3. The van der Waals surface area contributed by atoms with E-state index in [2.05, 4.69) is 34.9 Å². The van der Waals surface area contributed by atoms with E-state index in [-0.39, 0.29) is 5.91 Å². The number of rotatable bonds is 6. The number of nitrogens with one attached hydrogen (secondary N) is 1. The van der Waals surface area contributed by atoms with Crippen LogP contribution in [0.5, 0.6) is 0 Å². The number of piperidine rings is 1. The maximum absolute atomic E-state index is 11.7. The highest BCUT2D eigenvalue weighted by molar-refractivity contribution is 5.75. The second-order valence-electron chi connectivity index (χ2n) is 5.93. The van der Waals surface area contributed by atoms with E-state index in [1.807, 2.05) is 18.0 Å². The molecule has 0 radical (unpaired) electrons. The Balaban J connectivity index is 1.77. The number of likely N-dealkylation sites (tertiary alicyclic amines) is 1. The molecule has 2 heterocycles. The van der Waals surface area contributed by atoms with Crippen molar-refractivity contribution in [3.05, 3.63) is 18.2 Å². The summed E-state index contributed by atoms with van der Waals surface area (Å²) >= 11 is 0. The van der Waals surface area contributed by atoms with Gasteiger partial charge in [-0.25, -0.2) is 4.98 Å². The Morgan fingerprint density at radius 2 is 2.14 bits per heavy atom. The van der Waals surface area contributed by atoms with Crippen LogP contribution in [0.25, 0.3) is 0 Å². The first kappa shape index (κ1) is 16.0. The molecule has 1 amide bonds. The van der Waals surface area contributed by atoms with Gasteiger partial charge in [-0.3, -0.25) is 4.79 Å². The molecule has 0 aromatic carbocycles. The van der Waals surface area contributed by atoms with Crippen LogP contribution in [0.4, 0.5) is 0 Å². The monoisotopic (exact) mass is 292 g/mol. The fourth-order valence-corrected chi connectivity index (χ4v) is 3.09. The minimum atomic E-state index is 0.285. The summed E-state index contributed by atoms with van der Waals surface area (Å²) in [4.78, 5) is 18.0. The lowest BCUT2D eigenvalue weighted by atomic mass is 10.0. The number of aromatic nitrogens is 2. The van der Waals surface area contributed by atoms with E-state index in [0.717, 1.165) is 44.7 Å². The van der Waals surface area contributed by atoms with Gasteiger partial charge in [0, 0.05) is 57.0 Å². The van der Waals surface area contributed by atoms with Crippen LogP contribution in [-0.4, -0.2) is 45.5 Å². The summed E-state index contributed by atoms with van der Waals surface area (Å²) in [5.74, 6) is 1.43. The highest BCUT2D eigenvalue weighted by Crippen LogP contribution is 2.12. The summed E-state index contributed by atoms with van der Waals surface area (Å²) in [5.41, 5.74) is 0. The van der Waals surface area contributed by atoms with Gasteiger partial charge < -0.3 is 14.8 Å². The number of carbonyl (C=O) groups is 1. The Bertz CT molecular complexity index is 449. The summed E-state index contributed by atoms with van der Waals surface area (Å²) in [6.07, 6.45) is 7.63. The van der Waals surface area contributed by atoms with Crippen molar-refractivity contribution < 1.29 is 4.79 Å². The lowest BCUT2D eigenvalue weighted by Gasteiger charge is -2.34. The maximum atomic E-state index is 11.7.